The Bertz CT molecular complexity index is 7310. The van der Waals surface area contributed by atoms with Gasteiger partial charge in [-0.25, -0.2) is 0 Å². The van der Waals surface area contributed by atoms with Gasteiger partial charge in [0.2, 0.25) is 0 Å². The molecule has 2 heteroatoms. The summed E-state index contributed by atoms with van der Waals surface area (Å²) < 4.78 is 426. The van der Waals surface area contributed by atoms with Crippen LogP contribution in [0.4, 0.5) is 17.1 Å². The molecule has 16 rings (SSSR count). The van der Waals surface area contributed by atoms with Crippen LogP contribution in [-0.4, -0.2) is 0 Å². The standard InChI is InChI=1S/C76H53NO/c1-75(2)68-28-16-14-26-58(68)60-38-35-51(42-70(60)75)77(52-36-39-61-59-27-15-17-29-69(59)76(3,4)71(61)43-52)50-33-30-46(31-34-50)63-44-65-56-24-12-10-22-54(56)55-23-11-13-25-57(55)66(65)45-64(63)49-32-37-62-67-40-48-20-8-9-21-53(48)73(47-18-6-5-7-19-47)74(67)78-72(62)41-49/h5-45H,1-4H3/i1D,2D,3D,4D2,5D,6D,7D,8D,9D,11D,12D,13D,14D,16D,17D,18D,19D,20D,21D,22D,23D,24D,25D,26D,27D,28D,29D,30D,31D,32D,33D,34D,35D,36D,37D,38D,39D,40D,41D,42D,43D,44D,45D. The zero-order valence-electron chi connectivity index (χ0n) is 83.7. The van der Waals surface area contributed by atoms with E-state index in [1.807, 2.05) is 0 Å². The number of hydrogen-bond donors (Lipinski definition) is 0. The Labute approximate surface area is 515 Å². The van der Waals surface area contributed by atoms with E-state index in [0.29, 0.717) is 4.90 Å². The summed E-state index contributed by atoms with van der Waals surface area (Å²) in [4.78, 5) is 0.313. The smallest absolute Gasteiger partial charge is 0.143 e. The van der Waals surface area contributed by atoms with Crippen LogP contribution in [0.1, 0.15) is 110 Å². The number of benzene rings is 13. The molecule has 0 spiro atoms. The van der Waals surface area contributed by atoms with Crippen molar-refractivity contribution in [1.29, 1.82) is 0 Å². The van der Waals surface area contributed by atoms with Crippen LogP contribution in [-0.2, 0) is 10.8 Å². The average Bonchev–Trinajstić information content (AvgIpc) is 1.41. The van der Waals surface area contributed by atoms with Crippen LogP contribution in [0, 0.1) is 0 Å². The van der Waals surface area contributed by atoms with E-state index in [0.717, 1.165) is 12.1 Å². The average molecular weight is 1040 g/mol. The Morgan fingerprint density at radius 1 is 0.346 bits per heavy atom. The first-order chi connectivity index (χ1) is 57.1. The number of fused-ring (bicyclic) bond motifs is 16. The first kappa shape index (κ1) is 19.2. The van der Waals surface area contributed by atoms with Crippen LogP contribution < -0.4 is 4.90 Å². The molecular weight excluding hydrogens is 943 g/mol. The minimum Gasteiger partial charge on any atom is -0.455 e. The maximum absolute atomic E-state index is 10.8. The van der Waals surface area contributed by atoms with Gasteiger partial charge in [0.15, 0.2) is 0 Å². The van der Waals surface area contributed by atoms with E-state index in [1.54, 1.807) is 0 Å². The summed E-state index contributed by atoms with van der Waals surface area (Å²) in [5.74, 6) is 0. The largest absolute Gasteiger partial charge is 0.455 e. The van der Waals surface area contributed by atoms with Crippen molar-refractivity contribution in [2.75, 3.05) is 4.90 Å². The zero-order valence-corrected chi connectivity index (χ0v) is 39.7. The molecule has 0 fully saturated rings. The van der Waals surface area contributed by atoms with Crippen molar-refractivity contribution >= 4 is 82.1 Å². The van der Waals surface area contributed by atoms with Gasteiger partial charge in [0, 0.05) is 51.1 Å². The Balaban J connectivity index is 1.12. The normalized spacial score (nSPS) is 23.0. The van der Waals surface area contributed by atoms with Crippen molar-refractivity contribution in [3.05, 3.63) is 270 Å². The van der Waals surface area contributed by atoms with Crippen LogP contribution in [0.5, 0.6) is 0 Å². The molecule has 14 aromatic rings. The van der Waals surface area contributed by atoms with E-state index in [1.165, 1.54) is 0 Å². The molecule has 2 aliphatic carbocycles. The number of rotatable bonds is 6. The minimum atomic E-state index is -2.71. The second-order valence-corrected chi connectivity index (χ2v) is 18.4. The second kappa shape index (κ2) is 16.5. The van der Waals surface area contributed by atoms with E-state index in [2.05, 4.69) is 0 Å². The summed E-state index contributed by atoms with van der Waals surface area (Å²) >= 11 is 0. The van der Waals surface area contributed by atoms with Gasteiger partial charge in [-0.3, -0.25) is 0 Å². The summed E-state index contributed by atoms with van der Waals surface area (Å²) in [6, 6.07) is -40.0. The Morgan fingerprint density at radius 2 is 0.897 bits per heavy atom. The third kappa shape index (κ3) is 6.44. The van der Waals surface area contributed by atoms with E-state index in [4.69, 9.17) is 25.0 Å². The highest BCUT2D eigenvalue weighted by atomic mass is 16.3. The maximum atomic E-state index is 10.8. The first-order valence-electron chi connectivity index (χ1n) is 46.4. The molecule has 1 atom stereocenters. The highest BCUT2D eigenvalue weighted by Crippen LogP contribution is 2.54. The van der Waals surface area contributed by atoms with Crippen molar-refractivity contribution in [1.82, 2.24) is 0 Å². The van der Waals surface area contributed by atoms with Gasteiger partial charge in [0.1, 0.15) is 11.2 Å². The fourth-order valence-electron chi connectivity index (χ4n) is 10.4. The van der Waals surface area contributed by atoms with Crippen LogP contribution in [0.25, 0.3) is 121 Å². The van der Waals surface area contributed by atoms with Gasteiger partial charge >= 0.3 is 0 Å². The topological polar surface area (TPSA) is 16.4 Å². The predicted molar refractivity (Wildman–Crippen MR) is 330 cm³/mol. The Hall–Kier alpha value is -9.50. The molecule has 1 heterocycles. The minimum absolute atomic E-state index is 0.313. The van der Waals surface area contributed by atoms with Gasteiger partial charge in [0.25, 0.3) is 0 Å². The lowest BCUT2D eigenvalue weighted by atomic mass is 9.82. The van der Waals surface area contributed by atoms with Crippen molar-refractivity contribution in [2.45, 2.75) is 38.4 Å². The molecular formula is C76H53NO. The lowest BCUT2D eigenvalue weighted by Crippen LogP contribution is -2.18. The summed E-state index contributed by atoms with van der Waals surface area (Å²) in [5, 5.41) is -7.31. The third-order valence-electron chi connectivity index (χ3n) is 14.0. The highest BCUT2D eigenvalue weighted by molar-refractivity contribution is 6.27. The first-order valence-corrected chi connectivity index (χ1v) is 23.6. The molecule has 368 valence electrons. The SMILES string of the molecule is [2H]CC1(C[2H])c2c([2H])c([2H])c([2H])c([2H])c2-c2c([2H])c([2H])c(N(c3c([2H])c([2H])c(-c4c(-c5c([2H])c([2H])c6c(oc7c(-c8c([2H])c([2H])c([2H])c([2H])c8[2H])c8c([2H])c([2H])c([2H])c([2H])c8c([2H])c76)c5[2H])c([2H])c5c6c([2H])c([2H])c([2H])c([2H])c6c6c([2H])cc([2H])c([2H])c6c5c4[2H])c([2H])c3[2H])c3c([2H])c([2H])c4c(c3[2H])C(C[2H])(C([2H])[2H])c3c([2H])c([2H])cc([2H])c3-4)c([2H])c21. The fourth-order valence-corrected chi connectivity index (χ4v) is 10.4. The van der Waals surface area contributed by atoms with Crippen LogP contribution in [0.3, 0.4) is 0 Å². The van der Waals surface area contributed by atoms with E-state index in [-0.39, 0.29) is 0 Å². The number of anilines is 3. The summed E-state index contributed by atoms with van der Waals surface area (Å²) in [6.07, 6.45) is 0. The van der Waals surface area contributed by atoms with Crippen molar-refractivity contribution < 1.29 is 64.7 Å². The third-order valence-corrected chi connectivity index (χ3v) is 14.0. The fraction of sp³-hybridized carbons (Fsp3) is 0.0789. The summed E-state index contributed by atoms with van der Waals surface area (Å²) in [6.45, 7) is -5.89. The lowest BCUT2D eigenvalue weighted by molar-refractivity contribution is 0.660. The van der Waals surface area contributed by atoms with Gasteiger partial charge in [-0.05, 0) is 182 Å². The van der Waals surface area contributed by atoms with Crippen molar-refractivity contribution in [3.63, 3.8) is 0 Å². The summed E-state index contributed by atoms with van der Waals surface area (Å²) in [7, 11) is 0. The zero-order chi connectivity index (χ0) is 89.7. The van der Waals surface area contributed by atoms with Gasteiger partial charge in [-0.2, -0.15) is 0 Å². The predicted octanol–water partition coefficient (Wildman–Crippen LogP) is 21.3. The molecule has 13 aromatic carbocycles. The van der Waals surface area contributed by atoms with Gasteiger partial charge in [-0.1, -0.05) is 209 Å². The van der Waals surface area contributed by atoms with Crippen LogP contribution in [0.15, 0.2) is 252 Å². The second-order valence-electron chi connectivity index (χ2n) is 18.4. The molecule has 1 unspecified atom stereocenters. The van der Waals surface area contributed by atoms with E-state index >= 15 is 0 Å². The number of hydrogen-bond acceptors (Lipinski definition) is 2. The molecule has 0 radical (unpaired) electrons. The molecule has 2 aliphatic rings. The highest BCUT2D eigenvalue weighted by Gasteiger charge is 2.38. The van der Waals surface area contributed by atoms with Crippen LogP contribution in [0.2, 0.25) is 0 Å². The Kier molecular flexibility index (Phi) is 4.06. The Morgan fingerprint density at radius 3 is 1.65 bits per heavy atom. The number of nitrogens with zero attached hydrogens (tertiary/aromatic N) is 1. The van der Waals surface area contributed by atoms with E-state index < -0.39 is 434 Å². The molecule has 2 nitrogen and oxygen atoms in total. The molecule has 78 heavy (non-hydrogen) atoms. The summed E-state index contributed by atoms with van der Waals surface area (Å²) in [5.41, 5.74) is -22.1. The molecule has 0 saturated carbocycles. The van der Waals surface area contributed by atoms with Crippen LogP contribution >= 0.6 is 0 Å². The quantitative estimate of drug-likeness (QED) is 0.154. The molecule has 0 bridgehead atoms. The lowest BCUT2D eigenvalue weighted by Gasteiger charge is -2.30. The molecule has 1 aromatic heterocycles. The van der Waals surface area contributed by atoms with Gasteiger partial charge in [0.05, 0.1) is 53.5 Å². The van der Waals surface area contributed by atoms with Gasteiger partial charge < -0.3 is 9.32 Å². The van der Waals surface area contributed by atoms with Crippen molar-refractivity contribution in [2.24, 2.45) is 0 Å². The molecule has 0 saturated heterocycles. The van der Waals surface area contributed by atoms with Gasteiger partial charge in [-0.15, -0.1) is 0 Å². The molecule has 0 aliphatic heterocycles. The molecule has 0 amide bonds. The van der Waals surface area contributed by atoms with Crippen molar-refractivity contribution in [3.8, 4) is 55.6 Å². The van der Waals surface area contributed by atoms with E-state index in [9.17, 15) is 39.8 Å². The molecule has 0 N–H and O–H groups in total. The maximum Gasteiger partial charge on any atom is 0.143 e. The number of furan rings is 1. The monoisotopic (exact) mass is 1040 g/mol.